The van der Waals surface area contributed by atoms with Crippen LogP contribution in [-0.4, -0.2) is 43.4 Å². The minimum absolute atomic E-state index is 0.0621. The van der Waals surface area contributed by atoms with Gasteiger partial charge in [-0.05, 0) is 32.1 Å². The fourth-order valence-corrected chi connectivity index (χ4v) is 2.94. The number of fused-ring (bicyclic) bond motifs is 1. The van der Waals surface area contributed by atoms with Gasteiger partial charge in [0, 0.05) is 6.04 Å². The highest BCUT2D eigenvalue weighted by atomic mass is 16.5. The van der Waals surface area contributed by atoms with Gasteiger partial charge in [-0.2, -0.15) is 0 Å². The molecule has 2 N–H and O–H groups in total. The van der Waals surface area contributed by atoms with E-state index >= 15 is 0 Å². The molecule has 2 fully saturated rings. The van der Waals surface area contributed by atoms with Gasteiger partial charge in [0.2, 0.25) is 0 Å². The summed E-state index contributed by atoms with van der Waals surface area (Å²) in [5.74, 6) is 0.806. The minimum Gasteiger partial charge on any atom is -0.394 e. The first kappa shape index (κ1) is 13.0. The Bertz CT molecular complexity index is 639. The molecule has 0 unspecified atom stereocenters. The summed E-state index contributed by atoms with van der Waals surface area (Å²) in [5.41, 5.74) is 1.58. The number of ether oxygens (including phenoxy) is 1. The largest absolute Gasteiger partial charge is 0.394 e. The topological polar surface area (TPSA) is 85.1 Å². The van der Waals surface area contributed by atoms with Crippen LogP contribution in [0.3, 0.4) is 0 Å². The minimum atomic E-state index is -0.0985. The van der Waals surface area contributed by atoms with Crippen LogP contribution in [0, 0.1) is 0 Å². The molecule has 21 heavy (non-hydrogen) atoms. The third-order valence-electron chi connectivity index (χ3n) is 4.40. The summed E-state index contributed by atoms with van der Waals surface area (Å²) in [6.07, 6.45) is 8.53. The predicted molar refractivity (Wildman–Crippen MR) is 76.8 cm³/mol. The quantitative estimate of drug-likeness (QED) is 0.886. The Morgan fingerprint density at radius 3 is 2.86 bits per heavy atom. The first-order valence-electron chi connectivity index (χ1n) is 7.55. The van der Waals surface area contributed by atoms with Crippen molar-refractivity contribution >= 4 is 17.0 Å². The second kappa shape index (κ2) is 5.23. The van der Waals surface area contributed by atoms with Crippen molar-refractivity contribution in [3.8, 4) is 0 Å². The molecule has 2 aromatic rings. The van der Waals surface area contributed by atoms with Gasteiger partial charge in [-0.15, -0.1) is 0 Å². The molecule has 112 valence electrons. The van der Waals surface area contributed by atoms with E-state index in [1.807, 2.05) is 4.57 Å². The van der Waals surface area contributed by atoms with Crippen LogP contribution < -0.4 is 5.32 Å². The Hall–Kier alpha value is -1.73. The van der Waals surface area contributed by atoms with Crippen molar-refractivity contribution in [3.63, 3.8) is 0 Å². The second-order valence-electron chi connectivity index (χ2n) is 5.79. The standard InChI is InChI=1S/C14H19N5O2/c20-6-10-4-5-11(21-10)19-8-17-12-13(15-7-16-14(12)19)18-9-2-1-3-9/h7-11,20H,1-6H2,(H,15,16,18)/t10-,11+/m0/s1. The molecule has 1 saturated heterocycles. The fraction of sp³-hybridized carbons (Fsp3) is 0.643. The molecule has 7 heteroatoms. The average molecular weight is 289 g/mol. The SMILES string of the molecule is OC[C@@H]1CC[C@H](n2cnc3c(NC4CCC4)ncnc32)O1. The molecule has 2 atom stereocenters. The van der Waals surface area contributed by atoms with Gasteiger partial charge in [-0.25, -0.2) is 15.0 Å². The number of hydrogen-bond donors (Lipinski definition) is 2. The molecule has 3 heterocycles. The van der Waals surface area contributed by atoms with Crippen molar-refractivity contribution in [1.82, 2.24) is 19.5 Å². The molecule has 1 saturated carbocycles. The zero-order valence-corrected chi connectivity index (χ0v) is 11.8. The summed E-state index contributed by atoms with van der Waals surface area (Å²) in [5, 5.41) is 12.6. The number of nitrogens with one attached hydrogen (secondary N) is 1. The van der Waals surface area contributed by atoms with Crippen LogP contribution in [0.25, 0.3) is 11.2 Å². The van der Waals surface area contributed by atoms with Crippen molar-refractivity contribution in [2.75, 3.05) is 11.9 Å². The molecule has 0 radical (unpaired) electrons. The zero-order chi connectivity index (χ0) is 14.2. The van der Waals surface area contributed by atoms with Crippen LogP contribution in [0.5, 0.6) is 0 Å². The lowest BCUT2D eigenvalue weighted by Gasteiger charge is -2.26. The molecule has 1 aliphatic carbocycles. The highest BCUT2D eigenvalue weighted by Gasteiger charge is 2.28. The summed E-state index contributed by atoms with van der Waals surface area (Å²) in [4.78, 5) is 13.1. The Balaban J connectivity index is 1.63. The second-order valence-corrected chi connectivity index (χ2v) is 5.79. The number of hydrogen-bond acceptors (Lipinski definition) is 6. The third-order valence-corrected chi connectivity index (χ3v) is 4.40. The number of nitrogens with zero attached hydrogens (tertiary/aromatic N) is 4. The number of rotatable bonds is 4. The predicted octanol–water partition coefficient (Wildman–Crippen LogP) is 1.46. The van der Waals surface area contributed by atoms with Gasteiger partial charge in [0.15, 0.2) is 17.0 Å². The van der Waals surface area contributed by atoms with E-state index in [0.29, 0.717) is 6.04 Å². The van der Waals surface area contributed by atoms with E-state index in [-0.39, 0.29) is 18.9 Å². The van der Waals surface area contributed by atoms with Crippen LogP contribution in [0.15, 0.2) is 12.7 Å². The van der Waals surface area contributed by atoms with Crippen molar-refractivity contribution in [2.24, 2.45) is 0 Å². The summed E-state index contributed by atoms with van der Waals surface area (Å²) < 4.78 is 7.75. The van der Waals surface area contributed by atoms with Crippen molar-refractivity contribution in [1.29, 1.82) is 0 Å². The van der Waals surface area contributed by atoms with E-state index in [0.717, 1.165) is 29.8 Å². The van der Waals surface area contributed by atoms with Crippen LogP contribution in [-0.2, 0) is 4.74 Å². The van der Waals surface area contributed by atoms with Gasteiger partial charge < -0.3 is 15.2 Å². The van der Waals surface area contributed by atoms with Crippen LogP contribution in [0.2, 0.25) is 0 Å². The molecule has 0 amide bonds. The Labute approximate surface area is 122 Å². The maximum absolute atomic E-state index is 9.19. The zero-order valence-electron chi connectivity index (χ0n) is 11.8. The molecule has 1 aliphatic heterocycles. The maximum Gasteiger partial charge on any atom is 0.167 e. The first-order valence-corrected chi connectivity index (χ1v) is 7.55. The molecule has 0 bridgehead atoms. The summed E-state index contributed by atoms with van der Waals surface area (Å²) in [7, 11) is 0. The lowest BCUT2D eigenvalue weighted by Crippen LogP contribution is -2.27. The number of aromatic nitrogens is 4. The molecule has 0 aromatic carbocycles. The average Bonchev–Trinajstić information content (AvgIpc) is 3.08. The summed E-state index contributed by atoms with van der Waals surface area (Å²) in [6, 6.07) is 0.509. The van der Waals surface area contributed by atoms with E-state index in [9.17, 15) is 5.11 Å². The normalized spacial score (nSPS) is 26.1. The summed E-state index contributed by atoms with van der Waals surface area (Å²) in [6.45, 7) is 0.0621. The Kier molecular flexibility index (Phi) is 3.23. The third kappa shape index (κ3) is 2.26. The monoisotopic (exact) mass is 289 g/mol. The molecule has 4 rings (SSSR count). The molecule has 2 aliphatic rings. The van der Waals surface area contributed by atoms with Crippen LogP contribution in [0.1, 0.15) is 38.3 Å². The van der Waals surface area contributed by atoms with Crippen molar-refractivity contribution in [2.45, 2.75) is 50.5 Å². The lowest BCUT2D eigenvalue weighted by molar-refractivity contribution is -0.0207. The van der Waals surface area contributed by atoms with E-state index in [1.54, 1.807) is 12.7 Å². The maximum atomic E-state index is 9.19. The summed E-state index contributed by atoms with van der Waals surface area (Å²) >= 11 is 0. The molecule has 2 aromatic heterocycles. The fourth-order valence-electron chi connectivity index (χ4n) is 2.94. The molecular weight excluding hydrogens is 270 g/mol. The number of aliphatic hydroxyl groups excluding tert-OH is 1. The number of anilines is 1. The van der Waals surface area contributed by atoms with Crippen LogP contribution >= 0.6 is 0 Å². The van der Waals surface area contributed by atoms with Gasteiger partial charge in [-0.3, -0.25) is 4.57 Å². The highest BCUT2D eigenvalue weighted by Crippen LogP contribution is 2.32. The van der Waals surface area contributed by atoms with E-state index in [2.05, 4.69) is 20.3 Å². The van der Waals surface area contributed by atoms with Crippen molar-refractivity contribution in [3.05, 3.63) is 12.7 Å². The number of imidazole rings is 1. The van der Waals surface area contributed by atoms with E-state index in [1.165, 1.54) is 19.3 Å². The van der Waals surface area contributed by atoms with Crippen LogP contribution in [0.4, 0.5) is 5.82 Å². The smallest absolute Gasteiger partial charge is 0.167 e. The van der Waals surface area contributed by atoms with Gasteiger partial charge >= 0.3 is 0 Å². The lowest BCUT2D eigenvalue weighted by atomic mass is 9.93. The van der Waals surface area contributed by atoms with Gasteiger partial charge in [0.25, 0.3) is 0 Å². The molecular formula is C14H19N5O2. The van der Waals surface area contributed by atoms with E-state index in [4.69, 9.17) is 4.74 Å². The van der Waals surface area contributed by atoms with Gasteiger partial charge in [-0.1, -0.05) is 0 Å². The van der Waals surface area contributed by atoms with E-state index < -0.39 is 0 Å². The molecule has 7 nitrogen and oxygen atoms in total. The van der Waals surface area contributed by atoms with Gasteiger partial charge in [0.05, 0.1) is 19.0 Å². The van der Waals surface area contributed by atoms with Gasteiger partial charge in [0.1, 0.15) is 12.6 Å². The first-order chi connectivity index (χ1) is 10.3. The molecule has 0 spiro atoms. The Morgan fingerprint density at radius 2 is 2.14 bits per heavy atom. The Morgan fingerprint density at radius 1 is 1.24 bits per heavy atom. The number of aliphatic hydroxyl groups is 1. The van der Waals surface area contributed by atoms with Crippen molar-refractivity contribution < 1.29 is 9.84 Å². The highest BCUT2D eigenvalue weighted by molar-refractivity contribution is 5.82.